The SMILES string of the molecule is CCC/C=C/c1cc(N2CCOCC2)nc(N)n1. The number of nitrogen functional groups attached to an aromatic ring is 1. The number of ether oxygens (including phenoxy) is 1. The standard InChI is InChI=1S/C13H20N4O/c1-2-3-4-5-11-10-12(16-13(14)15-11)17-6-8-18-9-7-17/h4-5,10H,2-3,6-9H2,1H3,(H2,14,15,16)/b5-4+. The smallest absolute Gasteiger partial charge is 0.222 e. The number of hydrogen-bond acceptors (Lipinski definition) is 5. The summed E-state index contributed by atoms with van der Waals surface area (Å²) < 4.78 is 5.33. The van der Waals surface area contributed by atoms with E-state index in [4.69, 9.17) is 10.5 Å². The maximum absolute atomic E-state index is 5.76. The second kappa shape index (κ2) is 6.35. The topological polar surface area (TPSA) is 64.3 Å². The Morgan fingerprint density at radius 1 is 1.39 bits per heavy atom. The largest absolute Gasteiger partial charge is 0.378 e. The van der Waals surface area contributed by atoms with Crippen molar-refractivity contribution < 1.29 is 4.74 Å². The molecule has 18 heavy (non-hydrogen) atoms. The molecule has 0 atom stereocenters. The summed E-state index contributed by atoms with van der Waals surface area (Å²) in [4.78, 5) is 10.7. The summed E-state index contributed by atoms with van der Waals surface area (Å²) in [5.74, 6) is 1.22. The molecule has 5 heteroatoms. The number of unbranched alkanes of at least 4 members (excludes halogenated alkanes) is 1. The van der Waals surface area contributed by atoms with Crippen molar-refractivity contribution in [3.63, 3.8) is 0 Å². The minimum absolute atomic E-state index is 0.329. The highest BCUT2D eigenvalue weighted by Gasteiger charge is 2.13. The quantitative estimate of drug-likeness (QED) is 0.878. The van der Waals surface area contributed by atoms with Gasteiger partial charge in [0.1, 0.15) is 5.82 Å². The average molecular weight is 248 g/mol. The maximum Gasteiger partial charge on any atom is 0.222 e. The van der Waals surface area contributed by atoms with Gasteiger partial charge in [0.25, 0.3) is 0 Å². The fourth-order valence-electron chi connectivity index (χ4n) is 1.88. The van der Waals surface area contributed by atoms with Crippen molar-refractivity contribution in [2.45, 2.75) is 19.8 Å². The summed E-state index contributed by atoms with van der Waals surface area (Å²) in [6, 6.07) is 1.98. The van der Waals surface area contributed by atoms with Gasteiger partial charge in [-0.1, -0.05) is 19.4 Å². The normalized spacial score (nSPS) is 16.4. The van der Waals surface area contributed by atoms with Gasteiger partial charge in [0.2, 0.25) is 5.95 Å². The third-order valence-corrected chi connectivity index (χ3v) is 2.83. The van der Waals surface area contributed by atoms with E-state index in [1.54, 1.807) is 0 Å². The van der Waals surface area contributed by atoms with Crippen molar-refractivity contribution in [2.24, 2.45) is 0 Å². The summed E-state index contributed by atoms with van der Waals surface area (Å²) in [5.41, 5.74) is 6.63. The number of anilines is 2. The van der Waals surface area contributed by atoms with Crippen LogP contribution in [0.4, 0.5) is 11.8 Å². The van der Waals surface area contributed by atoms with Crippen LogP contribution in [-0.2, 0) is 4.74 Å². The Balaban J connectivity index is 2.14. The lowest BCUT2D eigenvalue weighted by Gasteiger charge is -2.27. The number of rotatable bonds is 4. The van der Waals surface area contributed by atoms with Crippen molar-refractivity contribution in [2.75, 3.05) is 36.9 Å². The van der Waals surface area contributed by atoms with Gasteiger partial charge in [0.05, 0.1) is 18.9 Å². The van der Waals surface area contributed by atoms with Crippen LogP contribution in [0.1, 0.15) is 25.5 Å². The van der Waals surface area contributed by atoms with Crippen LogP contribution in [-0.4, -0.2) is 36.3 Å². The zero-order valence-corrected chi connectivity index (χ0v) is 10.8. The van der Waals surface area contributed by atoms with Gasteiger partial charge >= 0.3 is 0 Å². The Kier molecular flexibility index (Phi) is 4.52. The van der Waals surface area contributed by atoms with Crippen LogP contribution in [0.15, 0.2) is 12.1 Å². The van der Waals surface area contributed by atoms with Crippen LogP contribution in [0.2, 0.25) is 0 Å². The number of allylic oxidation sites excluding steroid dienone is 1. The summed E-state index contributed by atoms with van der Waals surface area (Å²) in [6.07, 6.45) is 6.31. The number of nitrogens with zero attached hydrogens (tertiary/aromatic N) is 3. The van der Waals surface area contributed by atoms with E-state index in [-0.39, 0.29) is 0 Å². The molecule has 2 N–H and O–H groups in total. The molecule has 0 aliphatic carbocycles. The average Bonchev–Trinajstić information content (AvgIpc) is 2.39. The number of nitrogens with two attached hydrogens (primary N) is 1. The molecule has 2 rings (SSSR count). The van der Waals surface area contributed by atoms with Crippen LogP contribution in [0.25, 0.3) is 6.08 Å². The summed E-state index contributed by atoms with van der Waals surface area (Å²) in [7, 11) is 0. The molecule has 2 heterocycles. The van der Waals surface area contributed by atoms with Gasteiger partial charge in [0.15, 0.2) is 0 Å². The van der Waals surface area contributed by atoms with Gasteiger partial charge in [-0.2, -0.15) is 4.98 Å². The fraction of sp³-hybridized carbons (Fsp3) is 0.538. The molecule has 0 amide bonds. The van der Waals surface area contributed by atoms with Crippen molar-refractivity contribution in [3.8, 4) is 0 Å². The van der Waals surface area contributed by atoms with Gasteiger partial charge < -0.3 is 15.4 Å². The van der Waals surface area contributed by atoms with E-state index in [0.717, 1.165) is 50.7 Å². The van der Waals surface area contributed by atoms with Crippen LogP contribution in [0, 0.1) is 0 Å². The van der Waals surface area contributed by atoms with Crippen molar-refractivity contribution in [1.29, 1.82) is 0 Å². The monoisotopic (exact) mass is 248 g/mol. The first-order valence-corrected chi connectivity index (χ1v) is 6.43. The minimum atomic E-state index is 0.329. The molecule has 0 spiro atoms. The second-order valence-electron chi connectivity index (χ2n) is 4.30. The predicted octanol–water partition coefficient (Wildman–Crippen LogP) is 1.71. The molecule has 0 unspecified atom stereocenters. The molecule has 1 aliphatic heterocycles. The zero-order chi connectivity index (χ0) is 12.8. The Hall–Kier alpha value is -1.62. The van der Waals surface area contributed by atoms with Crippen LogP contribution in [0.5, 0.6) is 0 Å². The highest BCUT2D eigenvalue weighted by atomic mass is 16.5. The summed E-state index contributed by atoms with van der Waals surface area (Å²) in [5, 5.41) is 0. The Morgan fingerprint density at radius 2 is 2.17 bits per heavy atom. The van der Waals surface area contributed by atoms with Crippen molar-refractivity contribution in [3.05, 3.63) is 17.8 Å². The molecular weight excluding hydrogens is 228 g/mol. The first-order valence-electron chi connectivity index (χ1n) is 6.43. The highest BCUT2D eigenvalue weighted by Crippen LogP contribution is 2.16. The Labute approximate surface area is 108 Å². The predicted molar refractivity (Wildman–Crippen MR) is 73.4 cm³/mol. The molecule has 0 saturated carbocycles. The molecule has 1 aromatic rings. The molecule has 1 aromatic heterocycles. The van der Waals surface area contributed by atoms with E-state index in [0.29, 0.717) is 5.95 Å². The first-order chi connectivity index (χ1) is 8.79. The van der Waals surface area contributed by atoms with Gasteiger partial charge in [-0.05, 0) is 12.5 Å². The van der Waals surface area contributed by atoms with Crippen LogP contribution in [0.3, 0.4) is 0 Å². The number of hydrogen-bond donors (Lipinski definition) is 1. The number of aromatic nitrogens is 2. The van der Waals surface area contributed by atoms with E-state index < -0.39 is 0 Å². The molecule has 98 valence electrons. The van der Waals surface area contributed by atoms with Crippen LogP contribution < -0.4 is 10.6 Å². The van der Waals surface area contributed by atoms with E-state index in [2.05, 4.69) is 27.9 Å². The minimum Gasteiger partial charge on any atom is -0.378 e. The van der Waals surface area contributed by atoms with E-state index in [1.807, 2.05) is 12.1 Å². The van der Waals surface area contributed by atoms with Gasteiger partial charge in [-0.3, -0.25) is 0 Å². The van der Waals surface area contributed by atoms with E-state index >= 15 is 0 Å². The lowest BCUT2D eigenvalue weighted by Crippen LogP contribution is -2.36. The lowest BCUT2D eigenvalue weighted by atomic mass is 10.2. The lowest BCUT2D eigenvalue weighted by molar-refractivity contribution is 0.122. The van der Waals surface area contributed by atoms with Crippen LogP contribution >= 0.6 is 0 Å². The molecule has 1 fully saturated rings. The Morgan fingerprint density at radius 3 is 2.89 bits per heavy atom. The first kappa shape index (κ1) is 12.8. The zero-order valence-electron chi connectivity index (χ0n) is 10.8. The maximum atomic E-state index is 5.76. The highest BCUT2D eigenvalue weighted by molar-refractivity contribution is 5.54. The van der Waals surface area contributed by atoms with Crippen molar-refractivity contribution in [1.82, 2.24) is 9.97 Å². The molecule has 0 aromatic carbocycles. The third-order valence-electron chi connectivity index (χ3n) is 2.83. The van der Waals surface area contributed by atoms with E-state index in [1.165, 1.54) is 0 Å². The van der Waals surface area contributed by atoms with Gasteiger partial charge in [-0.15, -0.1) is 0 Å². The molecular formula is C13H20N4O. The Bertz CT molecular complexity index is 413. The van der Waals surface area contributed by atoms with Gasteiger partial charge in [0, 0.05) is 19.2 Å². The molecule has 1 aliphatic rings. The van der Waals surface area contributed by atoms with Gasteiger partial charge in [-0.25, -0.2) is 4.98 Å². The fourth-order valence-corrected chi connectivity index (χ4v) is 1.88. The molecule has 1 saturated heterocycles. The summed E-state index contributed by atoms with van der Waals surface area (Å²) >= 11 is 0. The third kappa shape index (κ3) is 3.43. The van der Waals surface area contributed by atoms with Crippen molar-refractivity contribution >= 4 is 17.8 Å². The molecule has 0 bridgehead atoms. The second-order valence-corrected chi connectivity index (χ2v) is 4.30. The summed E-state index contributed by atoms with van der Waals surface area (Å²) in [6.45, 7) is 5.34. The molecule has 5 nitrogen and oxygen atoms in total. The molecule has 0 radical (unpaired) electrons. The van der Waals surface area contributed by atoms with E-state index in [9.17, 15) is 0 Å². The number of morpholine rings is 1.